The summed E-state index contributed by atoms with van der Waals surface area (Å²) < 4.78 is 0. The van der Waals surface area contributed by atoms with E-state index in [1.165, 1.54) is 0 Å². The SMILES string of the molecule is [Co+2].[Na+].[Ni+2].[OH-].[OH-].[OH-].[OH-].[OH-].[OH-].[OH-].[OH-].[Sc+3]. The van der Waals surface area contributed by atoms with Crippen molar-refractivity contribution in [3.8, 4) is 0 Å². The van der Waals surface area contributed by atoms with Gasteiger partial charge in [-0.3, -0.25) is 0 Å². The molecule has 0 aliphatic carbocycles. The molecule has 8 nitrogen and oxygen atoms in total. The van der Waals surface area contributed by atoms with Crippen molar-refractivity contribution in [2.45, 2.75) is 0 Å². The first-order valence-corrected chi connectivity index (χ1v) is 0. The molecule has 0 rings (SSSR count). The van der Waals surface area contributed by atoms with Gasteiger partial charge in [0.1, 0.15) is 0 Å². The van der Waals surface area contributed by atoms with Crippen LogP contribution < -0.4 is 29.6 Å². The second-order valence-corrected chi connectivity index (χ2v) is 0. The van der Waals surface area contributed by atoms with Crippen LogP contribution in [0.25, 0.3) is 0 Å². The quantitative estimate of drug-likeness (QED) is 0.393. The fraction of sp³-hybridized carbons (Fsp3) is 0. The zero-order valence-corrected chi connectivity index (χ0v) is 11.6. The van der Waals surface area contributed by atoms with Crippen LogP contribution in [-0.2, 0) is 59.1 Å². The molecular weight excluding hydrogens is 314 g/mol. The second-order valence-electron chi connectivity index (χ2n) is 0. The summed E-state index contributed by atoms with van der Waals surface area (Å²) in [6.45, 7) is 0. The molecule has 0 fully saturated rings. The van der Waals surface area contributed by atoms with Gasteiger partial charge in [0.25, 0.3) is 0 Å². The summed E-state index contributed by atoms with van der Waals surface area (Å²) in [6.07, 6.45) is 0. The van der Waals surface area contributed by atoms with Gasteiger partial charge in [-0.05, 0) is 0 Å². The van der Waals surface area contributed by atoms with E-state index >= 15 is 0 Å². The van der Waals surface area contributed by atoms with Gasteiger partial charge in [-0.1, -0.05) is 0 Å². The van der Waals surface area contributed by atoms with Crippen LogP contribution in [0.2, 0.25) is 0 Å². The molecule has 0 unspecified atom stereocenters. The number of hydrogen-bond acceptors (Lipinski definition) is 8. The Hall–Kier alpha value is 2.55. The summed E-state index contributed by atoms with van der Waals surface area (Å²) in [5, 5.41) is 0. The molecule has 0 heterocycles. The fourth-order valence-electron chi connectivity index (χ4n) is 0. The van der Waals surface area contributed by atoms with E-state index in [0.717, 1.165) is 0 Å². The van der Waals surface area contributed by atoms with Crippen molar-refractivity contribution < 1.29 is 132 Å². The zero-order valence-electron chi connectivity index (χ0n) is 5.80. The minimum atomic E-state index is 0. The molecule has 0 saturated carbocycles. The Labute approximate surface area is 131 Å². The predicted octanol–water partition coefficient (Wildman–Crippen LogP) is -4.42. The van der Waals surface area contributed by atoms with Gasteiger partial charge in [0, 0.05) is 0 Å². The van der Waals surface area contributed by atoms with Crippen LogP contribution in [0.3, 0.4) is 0 Å². The second kappa shape index (κ2) is 328. The zero-order chi connectivity index (χ0) is 0. The molecule has 0 amide bonds. The Morgan fingerprint density at radius 1 is 0.417 bits per heavy atom. The maximum atomic E-state index is 0. The summed E-state index contributed by atoms with van der Waals surface area (Å²) >= 11 is 0. The van der Waals surface area contributed by atoms with E-state index in [1.807, 2.05) is 0 Å². The van der Waals surface area contributed by atoms with Crippen LogP contribution in [-0.4, -0.2) is 43.8 Å². The largest absolute Gasteiger partial charge is 3.00 e. The van der Waals surface area contributed by atoms with Crippen LogP contribution in [0, 0.1) is 0 Å². The maximum Gasteiger partial charge on any atom is 3.00 e. The van der Waals surface area contributed by atoms with Crippen LogP contribution >= 0.6 is 0 Å². The first-order valence-electron chi connectivity index (χ1n) is 0. The van der Waals surface area contributed by atoms with Crippen molar-refractivity contribution in [2.24, 2.45) is 0 Å². The minimum absolute atomic E-state index is 0. The molecule has 12 heteroatoms. The van der Waals surface area contributed by atoms with Crippen LogP contribution in [0.15, 0.2) is 0 Å². The minimum Gasteiger partial charge on any atom is -0.870 e. The molecule has 0 aliphatic rings. The Morgan fingerprint density at radius 3 is 0.417 bits per heavy atom. The summed E-state index contributed by atoms with van der Waals surface area (Å²) in [5.74, 6) is 0. The van der Waals surface area contributed by atoms with E-state index in [9.17, 15) is 0 Å². The van der Waals surface area contributed by atoms with Crippen molar-refractivity contribution >= 4 is 0 Å². The number of rotatable bonds is 0. The molecule has 0 aromatic rings. The van der Waals surface area contributed by atoms with Gasteiger partial charge in [0.15, 0.2) is 0 Å². The molecule has 0 aromatic carbocycles. The van der Waals surface area contributed by atoms with Crippen LogP contribution in [0.1, 0.15) is 0 Å². The first-order chi connectivity index (χ1) is 0. The van der Waals surface area contributed by atoms with Crippen LogP contribution in [0.5, 0.6) is 0 Å². The predicted molar refractivity (Wildman–Crippen MR) is 15.5 cm³/mol. The monoisotopic (exact) mass is 321 g/mol. The summed E-state index contributed by atoms with van der Waals surface area (Å²) in [6, 6.07) is 0. The van der Waals surface area contributed by atoms with Gasteiger partial charge in [-0.2, -0.15) is 0 Å². The molecule has 0 spiro atoms. The van der Waals surface area contributed by atoms with Crippen molar-refractivity contribution in [3.05, 3.63) is 0 Å². The van der Waals surface area contributed by atoms with E-state index in [0.29, 0.717) is 0 Å². The van der Waals surface area contributed by atoms with E-state index < -0.39 is 0 Å². The van der Waals surface area contributed by atoms with Crippen molar-refractivity contribution in [3.63, 3.8) is 0 Å². The smallest absolute Gasteiger partial charge is 0.870 e. The Morgan fingerprint density at radius 2 is 0.417 bits per heavy atom. The molecule has 1 radical (unpaired) electrons. The van der Waals surface area contributed by atoms with Gasteiger partial charge in [0.05, 0.1) is 0 Å². The Bertz CT molecular complexity index is 19.0. The molecule has 8 N–H and O–H groups in total. The average molecular weight is 322 g/mol. The molecule has 0 atom stereocenters. The number of hydrogen-bond donors (Lipinski definition) is 0. The molecule has 0 aliphatic heterocycles. The third-order valence-corrected chi connectivity index (χ3v) is 0. The molecule has 0 saturated heterocycles. The van der Waals surface area contributed by atoms with Gasteiger partial charge >= 0.3 is 88.7 Å². The molecule has 0 aromatic heterocycles. The van der Waals surface area contributed by atoms with E-state index in [1.54, 1.807) is 0 Å². The third-order valence-electron chi connectivity index (χ3n) is 0. The summed E-state index contributed by atoms with van der Waals surface area (Å²) in [7, 11) is 0. The van der Waals surface area contributed by atoms with Gasteiger partial charge in [-0.15, -0.1) is 0 Å². The Kier molecular flexibility index (Phi) is 11200. The van der Waals surface area contributed by atoms with Gasteiger partial charge < -0.3 is 43.8 Å². The normalized spacial score (nSPS) is 0. The maximum absolute atomic E-state index is 0. The molecule has 79 valence electrons. The topological polar surface area (TPSA) is 240 Å². The van der Waals surface area contributed by atoms with Gasteiger partial charge in [0.2, 0.25) is 0 Å². The fourth-order valence-corrected chi connectivity index (χ4v) is 0. The third kappa shape index (κ3) is 257. The van der Waals surface area contributed by atoms with E-state index in [4.69, 9.17) is 0 Å². The summed E-state index contributed by atoms with van der Waals surface area (Å²) in [4.78, 5) is 0. The van der Waals surface area contributed by atoms with Crippen molar-refractivity contribution in [1.29, 1.82) is 0 Å². The average Bonchev–Trinajstić information content (AvgIpc) is 0. The molecule has 12 heavy (non-hydrogen) atoms. The molecular formula is H8CoNaNiO8Sc. The van der Waals surface area contributed by atoms with Crippen molar-refractivity contribution in [1.82, 2.24) is 0 Å². The van der Waals surface area contributed by atoms with Crippen molar-refractivity contribution in [2.75, 3.05) is 0 Å². The summed E-state index contributed by atoms with van der Waals surface area (Å²) in [5.41, 5.74) is 0. The Balaban J connectivity index is 0. The van der Waals surface area contributed by atoms with Crippen LogP contribution in [0.4, 0.5) is 0 Å². The standard InChI is InChI=1S/Co.Na.Ni.8H2O.Sc/h;;;8*1H2;/q+2;+1;+2;;;;;;;;;+3/p-8. The van der Waals surface area contributed by atoms with E-state index in [2.05, 4.69) is 0 Å². The van der Waals surface area contributed by atoms with Gasteiger partial charge in [-0.25, -0.2) is 0 Å². The van der Waals surface area contributed by atoms with E-state index in [-0.39, 0.29) is 132 Å². The molecule has 0 bridgehead atoms. The first kappa shape index (κ1) is 411.